The van der Waals surface area contributed by atoms with Gasteiger partial charge in [-0.05, 0) is 12.0 Å². The minimum absolute atomic E-state index is 0.0772. The van der Waals surface area contributed by atoms with Gasteiger partial charge in [0.15, 0.2) is 0 Å². The van der Waals surface area contributed by atoms with Gasteiger partial charge in [-0.25, -0.2) is 8.42 Å². The first-order valence-corrected chi connectivity index (χ1v) is 9.65. The number of nitrogens with zero attached hydrogens (tertiary/aromatic N) is 3. The van der Waals surface area contributed by atoms with E-state index in [0.717, 1.165) is 5.56 Å². The number of hydrogen-bond donors (Lipinski definition) is 0. The molecular weight excluding hydrogens is 330 g/mol. The van der Waals surface area contributed by atoms with E-state index in [1.165, 1.54) is 4.31 Å². The number of aromatic nitrogens is 2. The van der Waals surface area contributed by atoms with Crippen LogP contribution < -0.4 is 0 Å². The van der Waals surface area contributed by atoms with Crippen molar-refractivity contribution < 1.29 is 17.6 Å². The third-order valence-electron chi connectivity index (χ3n) is 3.97. The van der Waals surface area contributed by atoms with Crippen molar-refractivity contribution in [3.05, 3.63) is 47.7 Å². The molecule has 7 nitrogen and oxygen atoms in total. The van der Waals surface area contributed by atoms with Crippen LogP contribution in [0.5, 0.6) is 0 Å². The maximum absolute atomic E-state index is 12.6. The first-order chi connectivity index (χ1) is 11.6. The van der Waals surface area contributed by atoms with Crippen molar-refractivity contribution in [2.45, 2.75) is 25.9 Å². The average molecular weight is 351 g/mol. The van der Waals surface area contributed by atoms with Crippen LogP contribution >= 0.6 is 0 Å². The van der Waals surface area contributed by atoms with Crippen LogP contribution in [0.2, 0.25) is 0 Å². The fraction of sp³-hybridized carbons (Fsp3) is 0.500. The van der Waals surface area contributed by atoms with E-state index in [1.807, 2.05) is 37.3 Å². The minimum Gasteiger partial charge on any atom is -0.422 e. The molecule has 1 saturated heterocycles. The third kappa shape index (κ3) is 4.00. The van der Waals surface area contributed by atoms with Crippen LogP contribution in [0, 0.1) is 0 Å². The van der Waals surface area contributed by atoms with Crippen LogP contribution in [-0.4, -0.2) is 48.4 Å². The molecule has 1 aromatic heterocycles. The fourth-order valence-electron chi connectivity index (χ4n) is 2.59. The number of benzene rings is 1. The van der Waals surface area contributed by atoms with Crippen LogP contribution in [0.25, 0.3) is 0 Å². The zero-order valence-electron chi connectivity index (χ0n) is 13.6. The van der Waals surface area contributed by atoms with Crippen LogP contribution in [0.3, 0.4) is 0 Å². The summed E-state index contributed by atoms with van der Waals surface area (Å²) in [5.74, 6) is 0.945. The molecule has 0 amide bonds. The van der Waals surface area contributed by atoms with Crippen molar-refractivity contribution in [2.24, 2.45) is 0 Å². The van der Waals surface area contributed by atoms with Gasteiger partial charge in [-0.2, -0.15) is 4.31 Å². The Bertz CT molecular complexity index is 761. The fourth-order valence-corrected chi connectivity index (χ4v) is 4.06. The van der Waals surface area contributed by atoms with Gasteiger partial charge in [-0.1, -0.05) is 37.3 Å². The molecule has 24 heavy (non-hydrogen) atoms. The average Bonchev–Trinajstić information content (AvgIpc) is 3.10. The molecule has 0 unspecified atom stereocenters. The number of morpholine rings is 1. The van der Waals surface area contributed by atoms with E-state index < -0.39 is 16.1 Å². The Morgan fingerprint density at radius 3 is 2.75 bits per heavy atom. The second-order valence-corrected chi connectivity index (χ2v) is 7.75. The maximum atomic E-state index is 12.6. The molecule has 0 radical (unpaired) electrons. The zero-order chi connectivity index (χ0) is 17.0. The number of aryl methyl sites for hydroxylation is 2. The quantitative estimate of drug-likeness (QED) is 0.785. The lowest BCUT2D eigenvalue weighted by Gasteiger charge is -2.30. The van der Waals surface area contributed by atoms with Gasteiger partial charge < -0.3 is 9.15 Å². The van der Waals surface area contributed by atoms with E-state index >= 15 is 0 Å². The molecule has 130 valence electrons. The minimum atomic E-state index is -3.36. The van der Waals surface area contributed by atoms with Crippen molar-refractivity contribution in [1.82, 2.24) is 14.5 Å². The lowest BCUT2D eigenvalue weighted by molar-refractivity contribution is -0.0177. The monoisotopic (exact) mass is 351 g/mol. The predicted molar refractivity (Wildman–Crippen MR) is 87.9 cm³/mol. The highest BCUT2D eigenvalue weighted by atomic mass is 32.2. The van der Waals surface area contributed by atoms with E-state index in [4.69, 9.17) is 9.15 Å². The van der Waals surface area contributed by atoms with Crippen LogP contribution in [0.1, 0.15) is 30.4 Å². The molecule has 0 saturated carbocycles. The van der Waals surface area contributed by atoms with E-state index in [9.17, 15) is 8.42 Å². The van der Waals surface area contributed by atoms with Gasteiger partial charge in [-0.3, -0.25) is 0 Å². The van der Waals surface area contributed by atoms with Crippen LogP contribution in [0.4, 0.5) is 0 Å². The Kier molecular flexibility index (Phi) is 5.27. The Hall–Kier alpha value is -1.77. The maximum Gasteiger partial charge on any atom is 0.246 e. The van der Waals surface area contributed by atoms with E-state index in [2.05, 4.69) is 10.2 Å². The first-order valence-electron chi connectivity index (χ1n) is 8.04. The highest BCUT2D eigenvalue weighted by Gasteiger charge is 2.32. The summed E-state index contributed by atoms with van der Waals surface area (Å²) < 4.78 is 37.8. The second-order valence-electron chi connectivity index (χ2n) is 5.66. The largest absolute Gasteiger partial charge is 0.422 e. The predicted octanol–water partition coefficient (Wildman–Crippen LogP) is 1.58. The van der Waals surface area contributed by atoms with Crippen molar-refractivity contribution in [3.8, 4) is 0 Å². The van der Waals surface area contributed by atoms with Gasteiger partial charge in [0.2, 0.25) is 21.8 Å². The normalized spacial score (nSPS) is 19.5. The Labute approximate surface area is 141 Å². The standard InChI is InChI=1S/C16H21N3O4S/c1-2-15-17-18-16(23-15)14-12-19(9-10-22-14)24(20,21)11-8-13-6-4-3-5-7-13/h3-7,14H,2,8-12H2,1H3/t14-/m0/s1. The topological polar surface area (TPSA) is 85.5 Å². The summed E-state index contributed by atoms with van der Waals surface area (Å²) in [6.07, 6.45) is 0.628. The van der Waals surface area contributed by atoms with Crippen LogP contribution in [-0.2, 0) is 27.6 Å². The molecular formula is C16H21N3O4S. The summed E-state index contributed by atoms with van der Waals surface area (Å²) in [6.45, 7) is 2.79. The number of sulfonamides is 1. The van der Waals surface area contributed by atoms with Crippen LogP contribution in [0.15, 0.2) is 34.7 Å². The molecule has 2 aromatic rings. The molecule has 1 aliphatic heterocycles. The summed E-state index contributed by atoms with van der Waals surface area (Å²) in [5.41, 5.74) is 1.01. The molecule has 0 aliphatic carbocycles. The molecule has 2 heterocycles. The third-order valence-corrected chi connectivity index (χ3v) is 5.81. The lowest BCUT2D eigenvalue weighted by atomic mass is 10.2. The summed E-state index contributed by atoms with van der Waals surface area (Å²) in [7, 11) is -3.36. The van der Waals surface area contributed by atoms with E-state index in [0.29, 0.717) is 37.8 Å². The van der Waals surface area contributed by atoms with Gasteiger partial charge in [0.1, 0.15) is 6.10 Å². The number of rotatable bonds is 6. The zero-order valence-corrected chi connectivity index (χ0v) is 14.4. The van der Waals surface area contributed by atoms with Crippen molar-refractivity contribution in [3.63, 3.8) is 0 Å². The SMILES string of the molecule is CCc1nnc([C@@H]2CN(S(=O)(=O)CCc3ccccc3)CCO2)o1. The summed E-state index contributed by atoms with van der Waals surface area (Å²) >= 11 is 0. The van der Waals surface area contributed by atoms with Gasteiger partial charge in [-0.15, -0.1) is 10.2 Å². The smallest absolute Gasteiger partial charge is 0.246 e. The molecule has 1 atom stereocenters. The molecule has 1 aromatic carbocycles. The van der Waals surface area contributed by atoms with Crippen molar-refractivity contribution in [1.29, 1.82) is 0 Å². The Balaban J connectivity index is 1.64. The van der Waals surface area contributed by atoms with Crippen molar-refractivity contribution in [2.75, 3.05) is 25.4 Å². The van der Waals surface area contributed by atoms with Gasteiger partial charge in [0.25, 0.3) is 0 Å². The lowest BCUT2D eigenvalue weighted by Crippen LogP contribution is -2.43. The molecule has 3 rings (SSSR count). The number of ether oxygens (including phenoxy) is 1. The highest BCUT2D eigenvalue weighted by molar-refractivity contribution is 7.89. The molecule has 0 bridgehead atoms. The molecule has 8 heteroatoms. The second kappa shape index (κ2) is 7.42. The molecule has 0 spiro atoms. The number of hydrogen-bond acceptors (Lipinski definition) is 6. The summed E-state index contributed by atoms with van der Waals surface area (Å²) in [5, 5.41) is 7.87. The Morgan fingerprint density at radius 1 is 1.25 bits per heavy atom. The van der Waals surface area contributed by atoms with Gasteiger partial charge >= 0.3 is 0 Å². The van der Waals surface area contributed by atoms with Crippen molar-refractivity contribution >= 4 is 10.0 Å². The van der Waals surface area contributed by atoms with Gasteiger partial charge in [0.05, 0.1) is 12.4 Å². The first kappa shape index (κ1) is 17.1. The Morgan fingerprint density at radius 2 is 2.04 bits per heavy atom. The summed E-state index contributed by atoms with van der Waals surface area (Å²) in [6, 6.07) is 9.60. The van der Waals surface area contributed by atoms with E-state index in [-0.39, 0.29) is 12.3 Å². The highest BCUT2D eigenvalue weighted by Crippen LogP contribution is 2.23. The molecule has 1 fully saturated rings. The van der Waals surface area contributed by atoms with Gasteiger partial charge in [0, 0.05) is 19.5 Å². The van der Waals surface area contributed by atoms with E-state index in [1.54, 1.807) is 0 Å². The molecule has 0 N–H and O–H groups in total. The molecule has 1 aliphatic rings. The summed E-state index contributed by atoms with van der Waals surface area (Å²) in [4.78, 5) is 0.